The maximum atomic E-state index is 9.36. The third-order valence-corrected chi connectivity index (χ3v) is 2.94. The molecule has 0 saturated carbocycles. The van der Waals surface area contributed by atoms with E-state index in [1.807, 2.05) is 6.92 Å². The van der Waals surface area contributed by atoms with E-state index in [9.17, 15) is 10.2 Å². The first-order valence-electron chi connectivity index (χ1n) is 5.54. The highest BCUT2D eigenvalue weighted by Gasteiger charge is 2.26. The van der Waals surface area contributed by atoms with Crippen LogP contribution < -0.4 is 15.8 Å². The zero-order chi connectivity index (χ0) is 12.9. The summed E-state index contributed by atoms with van der Waals surface area (Å²) in [6, 6.07) is 5.22. The number of benzene rings is 1. The lowest BCUT2D eigenvalue weighted by Crippen LogP contribution is -2.45. The predicted octanol–water partition coefficient (Wildman–Crippen LogP) is 0.823. The number of methoxy groups -OCH3 is 1. The molecule has 0 spiro atoms. The number of ether oxygens (including phenoxy) is 1. The van der Waals surface area contributed by atoms with Crippen LogP contribution in [0.5, 0.6) is 5.75 Å². The Hall–Kier alpha value is -1.46. The van der Waals surface area contributed by atoms with E-state index >= 15 is 0 Å². The van der Waals surface area contributed by atoms with Gasteiger partial charge in [-0.2, -0.15) is 0 Å². The molecule has 1 aromatic carbocycles. The number of nitrogens with two attached hydrogens (primary N) is 1. The largest absolute Gasteiger partial charge is 0.497 e. The summed E-state index contributed by atoms with van der Waals surface area (Å²) < 4.78 is 5.10. The third-order valence-electron chi connectivity index (χ3n) is 2.94. The van der Waals surface area contributed by atoms with Crippen LogP contribution in [0.1, 0.15) is 13.3 Å². The first kappa shape index (κ1) is 13.6. The van der Waals surface area contributed by atoms with Crippen LogP contribution in [-0.4, -0.2) is 36.1 Å². The van der Waals surface area contributed by atoms with E-state index in [1.165, 1.54) is 0 Å². The van der Waals surface area contributed by atoms with Crippen LogP contribution in [0, 0.1) is 0 Å². The standard InChI is InChI=1S/C12H20N2O3/c1-3-12(7-15,8-16)14-11-6-9(17-2)4-5-10(11)13/h4-6,14-16H,3,7-8,13H2,1-2H3. The van der Waals surface area contributed by atoms with Gasteiger partial charge in [0.2, 0.25) is 0 Å². The highest BCUT2D eigenvalue weighted by molar-refractivity contribution is 5.69. The number of nitrogens with one attached hydrogen (secondary N) is 1. The predicted molar refractivity (Wildman–Crippen MR) is 68.2 cm³/mol. The molecule has 0 aliphatic carbocycles. The Balaban J connectivity index is 2.99. The van der Waals surface area contributed by atoms with Gasteiger partial charge in [-0.15, -0.1) is 0 Å². The maximum Gasteiger partial charge on any atom is 0.121 e. The average Bonchev–Trinajstić information content (AvgIpc) is 2.38. The van der Waals surface area contributed by atoms with Gasteiger partial charge < -0.3 is 26.0 Å². The van der Waals surface area contributed by atoms with Gasteiger partial charge in [0.1, 0.15) is 5.75 Å². The van der Waals surface area contributed by atoms with Crippen LogP contribution in [0.15, 0.2) is 18.2 Å². The Morgan fingerprint density at radius 1 is 1.35 bits per heavy atom. The highest BCUT2D eigenvalue weighted by atomic mass is 16.5. The molecule has 0 unspecified atom stereocenters. The molecule has 0 heterocycles. The number of hydrogen-bond donors (Lipinski definition) is 4. The zero-order valence-electron chi connectivity index (χ0n) is 10.2. The van der Waals surface area contributed by atoms with Crippen molar-refractivity contribution in [2.24, 2.45) is 0 Å². The van der Waals surface area contributed by atoms with E-state index in [0.717, 1.165) is 0 Å². The van der Waals surface area contributed by atoms with Gasteiger partial charge in [-0.25, -0.2) is 0 Å². The van der Waals surface area contributed by atoms with Gasteiger partial charge >= 0.3 is 0 Å². The molecule has 0 fully saturated rings. The van der Waals surface area contributed by atoms with Gasteiger partial charge in [-0.05, 0) is 18.6 Å². The SMILES string of the molecule is CCC(CO)(CO)Nc1cc(OC)ccc1N. The summed E-state index contributed by atoms with van der Waals surface area (Å²) in [4.78, 5) is 0. The molecule has 0 radical (unpaired) electrons. The Morgan fingerprint density at radius 3 is 2.47 bits per heavy atom. The molecule has 5 nitrogen and oxygen atoms in total. The van der Waals surface area contributed by atoms with Crippen LogP contribution in [0.3, 0.4) is 0 Å². The van der Waals surface area contributed by atoms with Crippen molar-refractivity contribution in [3.05, 3.63) is 18.2 Å². The Bertz CT molecular complexity index is 357. The van der Waals surface area contributed by atoms with Crippen molar-refractivity contribution in [3.63, 3.8) is 0 Å². The van der Waals surface area contributed by atoms with Crippen molar-refractivity contribution < 1.29 is 14.9 Å². The lowest BCUT2D eigenvalue weighted by Gasteiger charge is -2.31. The van der Waals surface area contributed by atoms with Gasteiger partial charge in [0, 0.05) is 6.07 Å². The van der Waals surface area contributed by atoms with Gasteiger partial charge in [0.05, 0.1) is 37.2 Å². The molecular weight excluding hydrogens is 220 g/mol. The summed E-state index contributed by atoms with van der Waals surface area (Å²) in [6.45, 7) is 1.54. The number of anilines is 2. The Morgan fingerprint density at radius 2 is 2.00 bits per heavy atom. The minimum Gasteiger partial charge on any atom is -0.497 e. The fourth-order valence-corrected chi connectivity index (χ4v) is 1.50. The first-order valence-corrected chi connectivity index (χ1v) is 5.54. The first-order chi connectivity index (χ1) is 8.10. The summed E-state index contributed by atoms with van der Waals surface area (Å²) in [6.07, 6.45) is 0.580. The number of nitrogen functional groups attached to an aromatic ring is 1. The van der Waals surface area contributed by atoms with Crippen molar-refractivity contribution in [3.8, 4) is 5.75 Å². The molecule has 0 saturated heterocycles. The van der Waals surface area contributed by atoms with E-state index in [-0.39, 0.29) is 13.2 Å². The zero-order valence-corrected chi connectivity index (χ0v) is 10.2. The van der Waals surface area contributed by atoms with E-state index in [2.05, 4.69) is 5.32 Å². The van der Waals surface area contributed by atoms with Gasteiger partial charge in [0.25, 0.3) is 0 Å². The number of aliphatic hydroxyl groups is 2. The summed E-state index contributed by atoms with van der Waals surface area (Å²) in [5, 5.41) is 21.8. The molecule has 96 valence electrons. The molecule has 0 aliphatic heterocycles. The van der Waals surface area contributed by atoms with Crippen LogP contribution in [0.4, 0.5) is 11.4 Å². The van der Waals surface area contributed by atoms with Crippen molar-refractivity contribution in [2.45, 2.75) is 18.9 Å². The van der Waals surface area contributed by atoms with Crippen LogP contribution in [0.2, 0.25) is 0 Å². The molecule has 17 heavy (non-hydrogen) atoms. The number of aliphatic hydroxyl groups excluding tert-OH is 2. The average molecular weight is 240 g/mol. The number of rotatable bonds is 6. The molecule has 5 heteroatoms. The second-order valence-electron chi connectivity index (χ2n) is 4.03. The molecule has 0 atom stereocenters. The topological polar surface area (TPSA) is 87.7 Å². The summed E-state index contributed by atoms with van der Waals surface area (Å²) in [7, 11) is 1.57. The van der Waals surface area contributed by atoms with E-state index in [0.29, 0.717) is 23.5 Å². The molecular formula is C12H20N2O3. The second-order valence-corrected chi connectivity index (χ2v) is 4.03. The van der Waals surface area contributed by atoms with Gasteiger partial charge in [0.15, 0.2) is 0 Å². The van der Waals surface area contributed by atoms with Crippen molar-refractivity contribution in [2.75, 3.05) is 31.4 Å². The molecule has 1 rings (SSSR count). The van der Waals surface area contributed by atoms with E-state index < -0.39 is 5.54 Å². The molecule has 1 aromatic rings. The minimum absolute atomic E-state index is 0.170. The van der Waals surface area contributed by atoms with E-state index in [1.54, 1.807) is 25.3 Å². The second kappa shape index (κ2) is 5.75. The lowest BCUT2D eigenvalue weighted by molar-refractivity contribution is 0.132. The number of hydrogen-bond acceptors (Lipinski definition) is 5. The lowest BCUT2D eigenvalue weighted by atomic mass is 9.97. The molecule has 0 aliphatic rings. The smallest absolute Gasteiger partial charge is 0.121 e. The fraction of sp³-hybridized carbons (Fsp3) is 0.500. The van der Waals surface area contributed by atoms with Crippen LogP contribution in [-0.2, 0) is 0 Å². The molecule has 0 bridgehead atoms. The van der Waals surface area contributed by atoms with E-state index in [4.69, 9.17) is 10.5 Å². The van der Waals surface area contributed by atoms with Crippen LogP contribution in [0.25, 0.3) is 0 Å². The maximum absolute atomic E-state index is 9.36. The third kappa shape index (κ3) is 3.01. The molecule has 0 amide bonds. The Labute approximate surface area is 101 Å². The summed E-state index contributed by atoms with van der Waals surface area (Å²) in [5.41, 5.74) is 6.26. The minimum atomic E-state index is -0.763. The van der Waals surface area contributed by atoms with Gasteiger partial charge in [-0.3, -0.25) is 0 Å². The highest BCUT2D eigenvalue weighted by Crippen LogP contribution is 2.28. The van der Waals surface area contributed by atoms with Crippen molar-refractivity contribution >= 4 is 11.4 Å². The quantitative estimate of drug-likeness (QED) is 0.553. The molecule has 0 aromatic heterocycles. The fourth-order valence-electron chi connectivity index (χ4n) is 1.50. The molecule has 5 N–H and O–H groups in total. The monoisotopic (exact) mass is 240 g/mol. The van der Waals surface area contributed by atoms with Crippen molar-refractivity contribution in [1.29, 1.82) is 0 Å². The summed E-state index contributed by atoms with van der Waals surface area (Å²) >= 11 is 0. The van der Waals surface area contributed by atoms with Crippen molar-refractivity contribution in [1.82, 2.24) is 0 Å². The Kier molecular flexibility index (Phi) is 4.60. The normalized spacial score (nSPS) is 11.3. The summed E-state index contributed by atoms with van der Waals surface area (Å²) in [5.74, 6) is 0.669. The van der Waals surface area contributed by atoms with Gasteiger partial charge in [-0.1, -0.05) is 6.92 Å². The van der Waals surface area contributed by atoms with Crippen LogP contribution >= 0.6 is 0 Å².